The molecule has 0 saturated heterocycles. The average molecular weight is 456 g/mol. The SMILES string of the molecule is CCOC(=O)CN(C)C(=O)c1cccc(N=C(c2ccccc2)C2C(=O)Nc3ccccc32)c1. The third kappa shape index (κ3) is 4.88. The van der Waals surface area contributed by atoms with Gasteiger partial charge in [-0.25, -0.2) is 0 Å². The second-order valence-electron chi connectivity index (χ2n) is 7.89. The van der Waals surface area contributed by atoms with Crippen LogP contribution in [-0.4, -0.2) is 48.6 Å². The van der Waals surface area contributed by atoms with Gasteiger partial charge in [-0.1, -0.05) is 54.6 Å². The van der Waals surface area contributed by atoms with E-state index in [-0.39, 0.29) is 25.0 Å². The Morgan fingerprint density at radius 1 is 0.971 bits per heavy atom. The first-order chi connectivity index (χ1) is 16.5. The molecule has 2 amide bonds. The summed E-state index contributed by atoms with van der Waals surface area (Å²) in [5, 5.41) is 2.93. The number of amides is 2. The van der Waals surface area contributed by atoms with E-state index in [1.54, 1.807) is 38.2 Å². The fraction of sp³-hybridized carbons (Fsp3) is 0.185. The molecule has 0 aromatic heterocycles. The van der Waals surface area contributed by atoms with Crippen molar-refractivity contribution < 1.29 is 19.1 Å². The quantitative estimate of drug-likeness (QED) is 0.428. The minimum absolute atomic E-state index is 0.144. The zero-order chi connectivity index (χ0) is 24.1. The van der Waals surface area contributed by atoms with Crippen molar-refractivity contribution in [3.05, 3.63) is 95.6 Å². The van der Waals surface area contributed by atoms with Crippen LogP contribution in [0.15, 0.2) is 83.9 Å². The van der Waals surface area contributed by atoms with Crippen molar-refractivity contribution in [3.63, 3.8) is 0 Å². The second kappa shape index (κ2) is 10.1. The van der Waals surface area contributed by atoms with Crippen LogP contribution < -0.4 is 5.32 Å². The summed E-state index contributed by atoms with van der Waals surface area (Å²) in [6.45, 7) is 1.83. The van der Waals surface area contributed by atoms with Gasteiger partial charge in [0, 0.05) is 18.3 Å². The standard InChI is InChI=1S/C27H25N3O4/c1-3-34-23(31)17-30(2)27(33)19-12-9-13-20(16-19)28-25(18-10-5-4-6-11-18)24-21-14-7-8-15-22(21)29-26(24)32/h4-16,24H,3,17H2,1-2H3,(H,29,32). The van der Waals surface area contributed by atoms with Gasteiger partial charge < -0.3 is 15.0 Å². The van der Waals surface area contributed by atoms with E-state index >= 15 is 0 Å². The number of carbonyl (C=O) groups is 3. The lowest BCUT2D eigenvalue weighted by atomic mass is 9.90. The third-order valence-corrected chi connectivity index (χ3v) is 5.50. The highest BCUT2D eigenvalue weighted by Crippen LogP contribution is 2.36. The summed E-state index contributed by atoms with van der Waals surface area (Å²) >= 11 is 0. The van der Waals surface area contributed by atoms with Gasteiger partial charge in [0.25, 0.3) is 5.91 Å². The first-order valence-electron chi connectivity index (χ1n) is 11.0. The number of anilines is 1. The summed E-state index contributed by atoms with van der Waals surface area (Å²) in [4.78, 5) is 43.7. The number of likely N-dealkylation sites (N-methyl/N-ethyl adjacent to an activating group) is 1. The molecular formula is C27H25N3O4. The molecule has 1 N–H and O–H groups in total. The fourth-order valence-electron chi connectivity index (χ4n) is 3.92. The minimum Gasteiger partial charge on any atom is -0.465 e. The molecular weight excluding hydrogens is 430 g/mol. The lowest BCUT2D eigenvalue weighted by molar-refractivity contribution is -0.143. The van der Waals surface area contributed by atoms with Gasteiger partial charge in [-0.15, -0.1) is 0 Å². The molecule has 172 valence electrons. The number of nitrogens with zero attached hydrogens (tertiary/aromatic N) is 2. The molecule has 0 radical (unpaired) electrons. The van der Waals surface area contributed by atoms with Gasteiger partial charge in [0.1, 0.15) is 12.5 Å². The van der Waals surface area contributed by atoms with E-state index < -0.39 is 11.9 Å². The zero-order valence-corrected chi connectivity index (χ0v) is 19.0. The number of fused-ring (bicyclic) bond motifs is 1. The normalized spacial score (nSPS) is 14.8. The van der Waals surface area contributed by atoms with E-state index in [9.17, 15) is 14.4 Å². The molecule has 0 fully saturated rings. The largest absolute Gasteiger partial charge is 0.465 e. The molecule has 1 atom stereocenters. The Balaban J connectivity index is 1.70. The maximum atomic E-state index is 13.0. The van der Waals surface area contributed by atoms with Crippen molar-refractivity contribution >= 4 is 34.9 Å². The number of rotatable bonds is 7. The smallest absolute Gasteiger partial charge is 0.325 e. The van der Waals surface area contributed by atoms with Crippen LogP contribution in [0.1, 0.15) is 34.3 Å². The first kappa shape index (κ1) is 22.9. The van der Waals surface area contributed by atoms with Crippen LogP contribution in [0, 0.1) is 0 Å². The Morgan fingerprint density at radius 2 is 1.68 bits per heavy atom. The summed E-state index contributed by atoms with van der Waals surface area (Å²) in [5.41, 5.74) is 3.95. The van der Waals surface area contributed by atoms with E-state index in [0.29, 0.717) is 17.0 Å². The first-order valence-corrected chi connectivity index (χ1v) is 11.0. The average Bonchev–Trinajstić information content (AvgIpc) is 3.18. The Bertz CT molecular complexity index is 1250. The molecule has 3 aromatic rings. The van der Waals surface area contributed by atoms with Crippen LogP contribution in [0.2, 0.25) is 0 Å². The number of esters is 1. The fourth-order valence-corrected chi connectivity index (χ4v) is 3.92. The highest BCUT2D eigenvalue weighted by Gasteiger charge is 2.35. The molecule has 7 heteroatoms. The molecule has 1 aliphatic rings. The van der Waals surface area contributed by atoms with Gasteiger partial charge in [0.2, 0.25) is 5.91 Å². The van der Waals surface area contributed by atoms with Gasteiger partial charge in [0.05, 0.1) is 18.0 Å². The number of para-hydroxylation sites is 1. The van der Waals surface area contributed by atoms with E-state index in [1.165, 1.54) is 4.90 Å². The summed E-state index contributed by atoms with van der Waals surface area (Å²) in [6.07, 6.45) is 0. The van der Waals surface area contributed by atoms with E-state index in [2.05, 4.69) is 5.32 Å². The molecule has 3 aromatic carbocycles. The number of nitrogens with one attached hydrogen (secondary N) is 1. The van der Waals surface area contributed by atoms with Crippen molar-refractivity contribution in [3.8, 4) is 0 Å². The van der Waals surface area contributed by atoms with Crippen LogP contribution >= 0.6 is 0 Å². The van der Waals surface area contributed by atoms with Crippen LogP contribution in [0.5, 0.6) is 0 Å². The van der Waals surface area contributed by atoms with Gasteiger partial charge in [0.15, 0.2) is 0 Å². The summed E-state index contributed by atoms with van der Waals surface area (Å²) in [5.74, 6) is -1.52. The van der Waals surface area contributed by atoms with Gasteiger partial charge >= 0.3 is 5.97 Å². The monoisotopic (exact) mass is 455 g/mol. The van der Waals surface area contributed by atoms with Crippen LogP contribution in [0.25, 0.3) is 0 Å². The number of hydrogen-bond donors (Lipinski definition) is 1. The molecule has 34 heavy (non-hydrogen) atoms. The molecule has 0 aliphatic carbocycles. The Labute approximate surface area is 198 Å². The van der Waals surface area contributed by atoms with Crippen LogP contribution in [0.4, 0.5) is 11.4 Å². The van der Waals surface area contributed by atoms with Crippen LogP contribution in [-0.2, 0) is 14.3 Å². The number of hydrogen-bond acceptors (Lipinski definition) is 5. The highest BCUT2D eigenvalue weighted by molar-refractivity contribution is 6.24. The van der Waals surface area contributed by atoms with Crippen LogP contribution in [0.3, 0.4) is 0 Å². The van der Waals surface area contributed by atoms with E-state index in [1.807, 2.05) is 54.6 Å². The van der Waals surface area contributed by atoms with Crippen molar-refractivity contribution in [1.82, 2.24) is 4.90 Å². The third-order valence-electron chi connectivity index (χ3n) is 5.50. The lowest BCUT2D eigenvalue weighted by Gasteiger charge is -2.17. The molecule has 4 rings (SSSR count). The van der Waals surface area contributed by atoms with E-state index in [4.69, 9.17) is 9.73 Å². The molecule has 0 saturated carbocycles. The predicted molar refractivity (Wildman–Crippen MR) is 130 cm³/mol. The summed E-state index contributed by atoms with van der Waals surface area (Å²) < 4.78 is 4.93. The van der Waals surface area contributed by atoms with Gasteiger partial charge in [-0.2, -0.15) is 0 Å². The number of benzene rings is 3. The summed E-state index contributed by atoms with van der Waals surface area (Å²) in [7, 11) is 1.55. The molecule has 7 nitrogen and oxygen atoms in total. The van der Waals surface area contributed by atoms with E-state index in [0.717, 1.165) is 16.8 Å². The number of aliphatic imine (C=N–C) groups is 1. The molecule has 1 heterocycles. The Kier molecular flexibility index (Phi) is 6.82. The minimum atomic E-state index is -0.579. The van der Waals surface area contributed by atoms with Crippen molar-refractivity contribution in [2.45, 2.75) is 12.8 Å². The summed E-state index contributed by atoms with van der Waals surface area (Å²) in [6, 6.07) is 23.9. The zero-order valence-electron chi connectivity index (χ0n) is 19.0. The van der Waals surface area contributed by atoms with Crippen molar-refractivity contribution in [2.75, 3.05) is 25.5 Å². The molecule has 0 spiro atoms. The van der Waals surface area contributed by atoms with Crippen molar-refractivity contribution in [2.24, 2.45) is 4.99 Å². The maximum absolute atomic E-state index is 13.0. The Morgan fingerprint density at radius 3 is 2.44 bits per heavy atom. The lowest BCUT2D eigenvalue weighted by Crippen LogP contribution is -2.33. The Hall–Kier alpha value is -4.26. The molecule has 1 aliphatic heterocycles. The topological polar surface area (TPSA) is 88.1 Å². The van der Waals surface area contributed by atoms with Gasteiger partial charge in [-0.3, -0.25) is 19.4 Å². The maximum Gasteiger partial charge on any atom is 0.325 e. The van der Waals surface area contributed by atoms with Gasteiger partial charge in [-0.05, 0) is 42.3 Å². The van der Waals surface area contributed by atoms with Crippen molar-refractivity contribution in [1.29, 1.82) is 0 Å². The highest BCUT2D eigenvalue weighted by atomic mass is 16.5. The number of carbonyl (C=O) groups excluding carboxylic acids is 3. The molecule has 1 unspecified atom stereocenters. The second-order valence-corrected chi connectivity index (χ2v) is 7.89. The molecule has 0 bridgehead atoms. The predicted octanol–water partition coefficient (Wildman–Crippen LogP) is 4.18. The number of ether oxygens (including phenoxy) is 1.